The van der Waals surface area contributed by atoms with Gasteiger partial charge in [0, 0.05) is 24.9 Å². The smallest absolute Gasteiger partial charge is 0.416 e. The molecule has 0 amide bonds. The van der Waals surface area contributed by atoms with Crippen LogP contribution < -0.4 is 10.9 Å². The Kier molecular flexibility index (Phi) is 6.84. The highest BCUT2D eigenvalue weighted by molar-refractivity contribution is 5.62. The van der Waals surface area contributed by atoms with Crippen LogP contribution in [0.1, 0.15) is 42.6 Å². The van der Waals surface area contributed by atoms with E-state index < -0.39 is 17.7 Å². The minimum Gasteiger partial charge on any atom is -0.481 e. The maximum absolute atomic E-state index is 12.8. The van der Waals surface area contributed by atoms with Gasteiger partial charge in [0.25, 0.3) is 11.5 Å². The van der Waals surface area contributed by atoms with Crippen LogP contribution in [0.25, 0.3) is 0 Å². The molecule has 0 aliphatic carbocycles. The number of aromatic amines is 1. The summed E-state index contributed by atoms with van der Waals surface area (Å²) in [6, 6.07) is 6.91. The van der Waals surface area contributed by atoms with Gasteiger partial charge in [-0.3, -0.25) is 9.59 Å². The number of halogens is 3. The molecule has 2 heterocycles. The van der Waals surface area contributed by atoms with Crippen molar-refractivity contribution in [1.29, 1.82) is 0 Å². The van der Waals surface area contributed by atoms with Crippen LogP contribution >= 0.6 is 0 Å². The predicted molar refractivity (Wildman–Crippen MR) is 91.6 cm³/mol. The molecule has 0 radical (unpaired) electrons. The van der Waals surface area contributed by atoms with Gasteiger partial charge in [-0.25, -0.2) is 0 Å². The van der Waals surface area contributed by atoms with E-state index in [1.807, 2.05) is 0 Å². The molecule has 1 saturated heterocycles. The number of alkyl halides is 3. The lowest BCUT2D eigenvalue weighted by Gasteiger charge is -2.29. The molecule has 3 rings (SSSR count). The van der Waals surface area contributed by atoms with Crippen molar-refractivity contribution in [2.75, 3.05) is 6.54 Å². The fourth-order valence-corrected chi connectivity index (χ4v) is 3.08. The fraction of sp³-hybridized carbons (Fsp3) is 0.444. The van der Waals surface area contributed by atoms with Crippen molar-refractivity contribution in [2.45, 2.75) is 44.3 Å². The summed E-state index contributed by atoms with van der Waals surface area (Å²) >= 11 is 0. The first kappa shape index (κ1) is 20.8. The first-order valence-electron chi connectivity index (χ1n) is 8.42. The summed E-state index contributed by atoms with van der Waals surface area (Å²) in [4.78, 5) is 20.2. The number of hydrogen-bond acceptors (Lipinski definition) is 4. The van der Waals surface area contributed by atoms with Crippen molar-refractivity contribution in [3.05, 3.63) is 57.6 Å². The Morgan fingerprint density at radius 1 is 1.33 bits per heavy atom. The number of carbonyl (C=O) groups is 1. The van der Waals surface area contributed by atoms with E-state index in [1.165, 1.54) is 18.2 Å². The van der Waals surface area contributed by atoms with Gasteiger partial charge in [-0.05, 0) is 37.4 Å². The second-order valence-electron chi connectivity index (χ2n) is 6.41. The molecule has 0 unspecified atom stereocenters. The minimum atomic E-state index is -4.33. The Hall–Kier alpha value is -2.55. The van der Waals surface area contributed by atoms with Gasteiger partial charge in [-0.15, -0.1) is 0 Å². The highest BCUT2D eigenvalue weighted by atomic mass is 19.4. The maximum Gasteiger partial charge on any atom is 0.416 e. The third-order valence-corrected chi connectivity index (χ3v) is 4.18. The Balaban J connectivity index is 0.000000596. The molecule has 2 atom stereocenters. The molecular weight excluding hydrogens is 365 g/mol. The zero-order chi connectivity index (χ0) is 20.0. The van der Waals surface area contributed by atoms with E-state index in [-0.39, 0.29) is 17.5 Å². The number of nitrogens with one attached hydrogen (secondary N) is 2. The number of benzene rings is 1. The van der Waals surface area contributed by atoms with Gasteiger partial charge in [-0.2, -0.15) is 18.3 Å². The lowest BCUT2D eigenvalue weighted by molar-refractivity contribution is -0.137. The van der Waals surface area contributed by atoms with E-state index in [0.717, 1.165) is 32.4 Å². The molecular formula is C18H21F3N2O4. The molecule has 3 N–H and O–H groups in total. The SMILES string of the molecule is CC(=O)O.O=c1cc([C@H]2CCN[C@@H](Cc3cccc(C(F)(F)F)c3)C2)o[nH]1. The topological polar surface area (TPSA) is 95.3 Å². The molecule has 27 heavy (non-hydrogen) atoms. The number of piperidine rings is 1. The van der Waals surface area contributed by atoms with E-state index in [0.29, 0.717) is 17.7 Å². The Labute approximate surface area is 153 Å². The highest BCUT2D eigenvalue weighted by Gasteiger charge is 2.31. The van der Waals surface area contributed by atoms with Gasteiger partial charge in [0.05, 0.1) is 5.56 Å². The van der Waals surface area contributed by atoms with Gasteiger partial charge in [0.15, 0.2) is 0 Å². The average Bonchev–Trinajstić information content (AvgIpc) is 3.01. The van der Waals surface area contributed by atoms with Crippen LogP contribution in [0, 0.1) is 0 Å². The summed E-state index contributed by atoms with van der Waals surface area (Å²) < 4.78 is 43.5. The molecule has 148 valence electrons. The molecule has 0 saturated carbocycles. The van der Waals surface area contributed by atoms with Crippen molar-refractivity contribution < 1.29 is 27.6 Å². The van der Waals surface area contributed by atoms with E-state index in [1.54, 1.807) is 6.07 Å². The minimum absolute atomic E-state index is 0.0532. The first-order valence-corrected chi connectivity index (χ1v) is 8.42. The second kappa shape index (κ2) is 8.90. The lowest BCUT2D eigenvalue weighted by atomic mass is 9.87. The number of carboxylic acid groups (broad SMARTS) is 1. The molecule has 6 nitrogen and oxygen atoms in total. The number of hydrogen-bond donors (Lipinski definition) is 3. The van der Waals surface area contributed by atoms with Crippen LogP contribution in [0.3, 0.4) is 0 Å². The summed E-state index contributed by atoms with van der Waals surface area (Å²) in [5, 5.41) is 13.0. The molecule has 1 fully saturated rings. The number of aliphatic carboxylic acids is 1. The molecule has 2 aromatic rings. The maximum atomic E-state index is 12.8. The molecule has 1 aromatic carbocycles. The molecule has 0 bridgehead atoms. The van der Waals surface area contributed by atoms with Crippen LogP contribution in [0.2, 0.25) is 0 Å². The molecule has 9 heteroatoms. The van der Waals surface area contributed by atoms with Gasteiger partial charge >= 0.3 is 6.18 Å². The first-order chi connectivity index (χ1) is 12.6. The highest BCUT2D eigenvalue weighted by Crippen LogP contribution is 2.31. The normalized spacial score (nSPS) is 19.9. The lowest BCUT2D eigenvalue weighted by Crippen LogP contribution is -2.38. The average molecular weight is 386 g/mol. The van der Waals surface area contributed by atoms with E-state index in [2.05, 4.69) is 10.5 Å². The van der Waals surface area contributed by atoms with Crippen molar-refractivity contribution >= 4 is 5.97 Å². The summed E-state index contributed by atoms with van der Waals surface area (Å²) in [6.45, 7) is 1.82. The van der Waals surface area contributed by atoms with E-state index >= 15 is 0 Å². The zero-order valence-corrected chi connectivity index (χ0v) is 14.7. The summed E-state index contributed by atoms with van der Waals surface area (Å²) in [5.74, 6) is -0.114. The van der Waals surface area contributed by atoms with Crippen molar-refractivity contribution in [3.63, 3.8) is 0 Å². The summed E-state index contributed by atoms with van der Waals surface area (Å²) in [7, 11) is 0. The molecule has 1 aromatic heterocycles. The fourth-order valence-electron chi connectivity index (χ4n) is 3.08. The Morgan fingerprint density at radius 2 is 2.04 bits per heavy atom. The quantitative estimate of drug-likeness (QED) is 0.753. The van der Waals surface area contributed by atoms with Crippen LogP contribution in [0.15, 0.2) is 39.6 Å². The van der Waals surface area contributed by atoms with E-state index in [9.17, 15) is 18.0 Å². The van der Waals surface area contributed by atoms with Crippen molar-refractivity contribution in [1.82, 2.24) is 10.5 Å². The monoisotopic (exact) mass is 386 g/mol. The summed E-state index contributed by atoms with van der Waals surface area (Å²) in [5.41, 5.74) is -0.250. The third kappa shape index (κ3) is 6.59. The Bertz CT molecular complexity index is 809. The van der Waals surface area contributed by atoms with Gasteiger partial charge in [0.1, 0.15) is 5.76 Å². The Morgan fingerprint density at radius 3 is 2.63 bits per heavy atom. The van der Waals surface area contributed by atoms with Gasteiger partial charge in [0.2, 0.25) is 0 Å². The number of rotatable bonds is 3. The summed E-state index contributed by atoms with van der Waals surface area (Å²) in [6.07, 6.45) is -2.26. The van der Waals surface area contributed by atoms with Crippen molar-refractivity contribution in [3.8, 4) is 0 Å². The van der Waals surface area contributed by atoms with Crippen LogP contribution in [0.4, 0.5) is 13.2 Å². The number of aromatic nitrogens is 1. The van der Waals surface area contributed by atoms with Gasteiger partial charge < -0.3 is 14.9 Å². The van der Waals surface area contributed by atoms with Crippen LogP contribution in [-0.4, -0.2) is 28.8 Å². The third-order valence-electron chi connectivity index (χ3n) is 4.18. The molecule has 1 aliphatic heterocycles. The standard InChI is InChI=1S/C16H17F3N2O2.C2H4O2/c17-16(18,19)12-3-1-2-10(6-12)7-13-8-11(4-5-20-13)14-9-15(22)21-23-14;1-2(3)4/h1-3,6,9,11,13,20H,4-5,7-8H2,(H,21,22);1H3,(H,3,4)/t11-,13-;/m0./s1. The largest absolute Gasteiger partial charge is 0.481 e. The van der Waals surface area contributed by atoms with Crippen molar-refractivity contribution in [2.24, 2.45) is 0 Å². The zero-order valence-electron chi connectivity index (χ0n) is 14.7. The molecule has 1 aliphatic rings. The van der Waals surface area contributed by atoms with Crippen LogP contribution in [0.5, 0.6) is 0 Å². The number of H-pyrrole nitrogens is 1. The number of carboxylic acids is 1. The van der Waals surface area contributed by atoms with Crippen LogP contribution in [-0.2, 0) is 17.4 Å². The second-order valence-corrected chi connectivity index (χ2v) is 6.41. The van der Waals surface area contributed by atoms with Gasteiger partial charge in [-0.1, -0.05) is 18.2 Å². The predicted octanol–water partition coefficient (Wildman–Crippen LogP) is 3.16. The van der Waals surface area contributed by atoms with E-state index in [4.69, 9.17) is 14.4 Å². The molecule has 0 spiro atoms.